The maximum atomic E-state index is 6.99. The topological polar surface area (TPSA) is 83.1 Å². The van der Waals surface area contributed by atoms with E-state index in [9.17, 15) is 0 Å². The van der Waals surface area contributed by atoms with Crippen molar-refractivity contribution in [2.75, 3.05) is 21.3 Å². The zero-order valence-electron chi connectivity index (χ0n) is 38.5. The highest BCUT2D eigenvalue weighted by Gasteiger charge is 2.45. The molecule has 3 aromatic carbocycles. The van der Waals surface area contributed by atoms with Gasteiger partial charge in [0, 0.05) is 33.4 Å². The fourth-order valence-electron chi connectivity index (χ4n) is 6.33. The van der Waals surface area contributed by atoms with E-state index in [1.165, 1.54) is 0 Å². The molecule has 1 aliphatic rings. The predicted octanol–water partition coefficient (Wildman–Crippen LogP) is 14.8. The van der Waals surface area contributed by atoms with E-state index >= 15 is 0 Å². The standard InChI is InChI=1S/C45H69O9P3/c1-40(2,3)31-22-28(46-19)23-32(41(4,5)6)37(31)49-55-52-56(50-38-33(42(7,8)9)24-29(47-20)25-34(38)43(10,11)12)54-57(53-55)51-39-35(44(13,14)15)26-30(48-21)27-36(39)45(16,17)18/h22-27H,1-21H3. The SMILES string of the molecule is COc1cc(C(C)(C)C)c(OP2OP(Oc3c(C(C)(C)C)cc(OC)cc3C(C)(C)C)OP(Oc3c(C(C)(C)C)cc(OC)cc3C(C)(C)C)O2)c(C(C)(C)C)c1. The summed E-state index contributed by atoms with van der Waals surface area (Å²) < 4.78 is 58.4. The molecule has 0 aliphatic carbocycles. The monoisotopic (exact) mass is 846 g/mol. The zero-order valence-corrected chi connectivity index (χ0v) is 41.2. The first-order valence-electron chi connectivity index (χ1n) is 19.6. The molecule has 9 nitrogen and oxygen atoms in total. The number of benzene rings is 3. The Labute approximate surface area is 348 Å². The quantitative estimate of drug-likeness (QED) is 0.196. The van der Waals surface area contributed by atoms with E-state index in [1.807, 2.05) is 36.4 Å². The van der Waals surface area contributed by atoms with Crippen LogP contribution in [0, 0.1) is 0 Å². The molecule has 0 N–H and O–H groups in total. The highest BCUT2D eigenvalue weighted by atomic mass is 31.3. The molecule has 0 spiro atoms. The van der Waals surface area contributed by atoms with Crippen LogP contribution >= 0.6 is 25.8 Å². The van der Waals surface area contributed by atoms with Crippen molar-refractivity contribution >= 4 is 25.8 Å². The molecule has 3 aromatic rings. The van der Waals surface area contributed by atoms with Gasteiger partial charge in [-0.3, -0.25) is 0 Å². The Bertz CT molecular complexity index is 1560. The molecular formula is C45H69O9P3. The predicted molar refractivity (Wildman–Crippen MR) is 237 cm³/mol. The van der Waals surface area contributed by atoms with Gasteiger partial charge in [0.2, 0.25) is 0 Å². The molecule has 57 heavy (non-hydrogen) atoms. The molecule has 4 rings (SSSR count). The van der Waals surface area contributed by atoms with Gasteiger partial charge in [-0.25, -0.2) is 12.9 Å². The highest BCUT2D eigenvalue weighted by molar-refractivity contribution is 7.69. The van der Waals surface area contributed by atoms with Gasteiger partial charge in [-0.05, 0) is 68.9 Å². The van der Waals surface area contributed by atoms with Gasteiger partial charge in [-0.2, -0.15) is 0 Å². The highest BCUT2D eigenvalue weighted by Crippen LogP contribution is 2.73. The first kappa shape index (κ1) is 47.3. The van der Waals surface area contributed by atoms with Gasteiger partial charge >= 0.3 is 25.8 Å². The van der Waals surface area contributed by atoms with Crippen molar-refractivity contribution in [3.63, 3.8) is 0 Å². The normalized spacial score (nSPS) is 18.6. The maximum Gasteiger partial charge on any atom is 0.413 e. The summed E-state index contributed by atoms with van der Waals surface area (Å²) in [5.41, 5.74) is 3.89. The van der Waals surface area contributed by atoms with Crippen LogP contribution in [0.3, 0.4) is 0 Å². The van der Waals surface area contributed by atoms with Crippen LogP contribution in [-0.4, -0.2) is 21.3 Å². The lowest BCUT2D eigenvalue weighted by molar-refractivity contribution is 0.271. The minimum Gasteiger partial charge on any atom is -0.497 e. The molecule has 318 valence electrons. The summed E-state index contributed by atoms with van der Waals surface area (Å²) >= 11 is 0. The van der Waals surface area contributed by atoms with Gasteiger partial charge in [-0.1, -0.05) is 125 Å². The minimum atomic E-state index is -2.14. The molecular weight excluding hydrogens is 777 g/mol. The second-order valence-corrected chi connectivity index (χ2v) is 24.7. The molecule has 12 heteroatoms. The van der Waals surface area contributed by atoms with Crippen LogP contribution in [0.2, 0.25) is 0 Å². The van der Waals surface area contributed by atoms with Crippen molar-refractivity contribution in [1.82, 2.24) is 0 Å². The van der Waals surface area contributed by atoms with E-state index in [4.69, 9.17) is 40.7 Å². The molecule has 1 heterocycles. The molecule has 1 fully saturated rings. The molecule has 0 aromatic heterocycles. The second kappa shape index (κ2) is 16.9. The summed E-state index contributed by atoms with van der Waals surface area (Å²) in [7, 11) is -1.35. The van der Waals surface area contributed by atoms with E-state index in [1.54, 1.807) is 21.3 Å². The van der Waals surface area contributed by atoms with Crippen LogP contribution in [0.5, 0.6) is 34.5 Å². The summed E-state index contributed by atoms with van der Waals surface area (Å²) in [5.74, 6) is 4.30. The average Bonchev–Trinajstić information content (AvgIpc) is 3.05. The van der Waals surface area contributed by atoms with Crippen molar-refractivity contribution in [1.29, 1.82) is 0 Å². The zero-order chi connectivity index (χ0) is 43.3. The van der Waals surface area contributed by atoms with Crippen molar-refractivity contribution in [3.05, 3.63) is 69.8 Å². The number of hydrogen-bond donors (Lipinski definition) is 0. The average molecular weight is 847 g/mol. The van der Waals surface area contributed by atoms with Gasteiger partial charge in [0.05, 0.1) is 21.3 Å². The Kier molecular flexibility index (Phi) is 14.1. The van der Waals surface area contributed by atoms with Crippen molar-refractivity contribution in [2.24, 2.45) is 0 Å². The lowest BCUT2D eigenvalue weighted by Gasteiger charge is -2.36. The Balaban J connectivity index is 1.96. The van der Waals surface area contributed by atoms with Crippen molar-refractivity contribution < 1.29 is 40.7 Å². The first-order valence-corrected chi connectivity index (χ1v) is 22.8. The van der Waals surface area contributed by atoms with Crippen LogP contribution in [0.25, 0.3) is 0 Å². The van der Waals surface area contributed by atoms with Crippen LogP contribution < -0.4 is 27.8 Å². The summed E-state index contributed by atoms with van der Waals surface area (Å²) in [5, 5.41) is 0. The van der Waals surface area contributed by atoms with Gasteiger partial charge in [0.1, 0.15) is 34.5 Å². The van der Waals surface area contributed by atoms with Crippen LogP contribution in [0.1, 0.15) is 158 Å². The summed E-state index contributed by atoms with van der Waals surface area (Å²) in [4.78, 5) is 0. The fourth-order valence-corrected chi connectivity index (χ4v) is 10.6. The molecule has 1 saturated heterocycles. The number of ether oxygens (including phenoxy) is 3. The third-order valence-corrected chi connectivity index (χ3v) is 13.8. The van der Waals surface area contributed by atoms with E-state index in [-0.39, 0.29) is 32.5 Å². The fraction of sp³-hybridized carbons (Fsp3) is 0.600. The van der Waals surface area contributed by atoms with Crippen molar-refractivity contribution in [2.45, 2.75) is 157 Å². The smallest absolute Gasteiger partial charge is 0.413 e. The number of rotatable bonds is 9. The van der Waals surface area contributed by atoms with Gasteiger partial charge in [0.15, 0.2) is 0 Å². The van der Waals surface area contributed by atoms with E-state index < -0.39 is 25.8 Å². The molecule has 0 radical (unpaired) electrons. The molecule has 0 atom stereocenters. The summed E-state index contributed by atoms with van der Waals surface area (Å²) in [6.45, 7) is 38.8. The summed E-state index contributed by atoms with van der Waals surface area (Å²) in [6.07, 6.45) is 0. The lowest BCUT2D eigenvalue weighted by atomic mass is 9.79. The van der Waals surface area contributed by atoms with Crippen molar-refractivity contribution in [3.8, 4) is 34.5 Å². The van der Waals surface area contributed by atoms with E-state index in [2.05, 4.69) is 125 Å². The van der Waals surface area contributed by atoms with Crippen LogP contribution in [0.4, 0.5) is 0 Å². The molecule has 0 bridgehead atoms. The Morgan fingerprint density at radius 2 is 0.474 bits per heavy atom. The first-order chi connectivity index (χ1) is 25.9. The Morgan fingerprint density at radius 1 is 0.316 bits per heavy atom. The van der Waals surface area contributed by atoms with E-state index in [0.717, 1.165) is 50.6 Å². The summed E-state index contributed by atoms with van der Waals surface area (Å²) in [6, 6.07) is 12.2. The van der Waals surface area contributed by atoms with Gasteiger partial charge in [0.25, 0.3) is 0 Å². The van der Waals surface area contributed by atoms with Crippen LogP contribution in [-0.2, 0) is 45.4 Å². The second-order valence-electron chi connectivity index (χ2n) is 20.8. The molecule has 1 aliphatic heterocycles. The molecule has 0 amide bonds. The van der Waals surface area contributed by atoms with Gasteiger partial charge < -0.3 is 27.8 Å². The maximum absolute atomic E-state index is 6.99. The Hall–Kier alpha value is -2.37. The van der Waals surface area contributed by atoms with E-state index in [0.29, 0.717) is 17.2 Å². The minimum absolute atomic E-state index is 0.313. The lowest BCUT2D eigenvalue weighted by Crippen LogP contribution is -2.21. The number of methoxy groups -OCH3 is 3. The third-order valence-electron chi connectivity index (χ3n) is 9.64. The van der Waals surface area contributed by atoms with Crippen LogP contribution in [0.15, 0.2) is 36.4 Å². The number of hydrogen-bond acceptors (Lipinski definition) is 9. The van der Waals surface area contributed by atoms with Gasteiger partial charge in [-0.15, -0.1) is 0 Å². The third kappa shape index (κ3) is 11.5. The Morgan fingerprint density at radius 3 is 0.596 bits per heavy atom. The molecule has 0 saturated carbocycles. The largest absolute Gasteiger partial charge is 0.497 e. The molecule has 0 unspecified atom stereocenters.